The number of benzene rings is 2. The number of ether oxygens (including phenoxy) is 1. The number of esters is 1. The van der Waals surface area contributed by atoms with Gasteiger partial charge in [-0.25, -0.2) is 4.79 Å². The third-order valence-electron chi connectivity index (χ3n) is 5.15. The summed E-state index contributed by atoms with van der Waals surface area (Å²) >= 11 is 1.68. The molecule has 0 aliphatic carbocycles. The van der Waals surface area contributed by atoms with Crippen molar-refractivity contribution in [1.82, 2.24) is 5.32 Å². The van der Waals surface area contributed by atoms with E-state index in [2.05, 4.69) is 51.2 Å². The number of carbonyl (C=O) groups is 2. The van der Waals surface area contributed by atoms with Gasteiger partial charge in [0.2, 0.25) is 0 Å². The second-order valence-electron chi connectivity index (χ2n) is 8.63. The largest absolute Gasteiger partial charge is 0.467 e. The second-order valence-corrected chi connectivity index (χ2v) is 9.64. The predicted molar refractivity (Wildman–Crippen MR) is 127 cm³/mol. The third-order valence-corrected chi connectivity index (χ3v) is 6.33. The van der Waals surface area contributed by atoms with Crippen LogP contribution in [0.4, 0.5) is 0 Å². The van der Waals surface area contributed by atoms with Gasteiger partial charge in [-0.1, -0.05) is 63.2 Å². The Hall–Kier alpha value is -2.99. The SMILES string of the molecule is COC(=O)[C@@H](NC(=O)c1ccc(CSc2cc(C(C)(C)C)ccc2C)o1)c1ccccc1. The van der Waals surface area contributed by atoms with Crippen LogP contribution in [-0.4, -0.2) is 19.0 Å². The molecule has 0 radical (unpaired) electrons. The summed E-state index contributed by atoms with van der Waals surface area (Å²) in [4.78, 5) is 26.1. The summed E-state index contributed by atoms with van der Waals surface area (Å²) < 4.78 is 10.6. The first-order valence-electron chi connectivity index (χ1n) is 10.5. The highest BCUT2D eigenvalue weighted by Gasteiger charge is 2.25. The number of aryl methyl sites for hydroxylation is 1. The summed E-state index contributed by atoms with van der Waals surface area (Å²) in [6, 6.07) is 18.0. The summed E-state index contributed by atoms with van der Waals surface area (Å²) in [6.07, 6.45) is 0. The average molecular weight is 452 g/mol. The molecule has 0 bridgehead atoms. The van der Waals surface area contributed by atoms with Crippen molar-refractivity contribution in [2.75, 3.05) is 7.11 Å². The zero-order valence-corrected chi connectivity index (χ0v) is 19.9. The van der Waals surface area contributed by atoms with Crippen LogP contribution in [0.1, 0.15) is 59.8 Å². The van der Waals surface area contributed by atoms with E-state index in [9.17, 15) is 9.59 Å². The van der Waals surface area contributed by atoms with Crippen molar-refractivity contribution in [3.05, 3.63) is 88.9 Å². The molecule has 0 aliphatic heterocycles. The van der Waals surface area contributed by atoms with Gasteiger partial charge in [-0.05, 0) is 47.2 Å². The molecule has 1 aromatic heterocycles. The highest BCUT2D eigenvalue weighted by atomic mass is 32.2. The van der Waals surface area contributed by atoms with Gasteiger partial charge in [0.1, 0.15) is 5.76 Å². The highest BCUT2D eigenvalue weighted by Crippen LogP contribution is 2.32. The van der Waals surface area contributed by atoms with E-state index in [1.54, 1.807) is 48.2 Å². The molecule has 32 heavy (non-hydrogen) atoms. The fourth-order valence-electron chi connectivity index (χ4n) is 3.19. The average Bonchev–Trinajstić information content (AvgIpc) is 3.25. The van der Waals surface area contributed by atoms with Gasteiger partial charge in [-0.15, -0.1) is 11.8 Å². The van der Waals surface area contributed by atoms with Crippen LogP contribution in [0.3, 0.4) is 0 Å². The van der Waals surface area contributed by atoms with Crippen LogP contribution < -0.4 is 5.32 Å². The van der Waals surface area contributed by atoms with E-state index in [4.69, 9.17) is 9.15 Å². The van der Waals surface area contributed by atoms with Gasteiger partial charge >= 0.3 is 5.97 Å². The number of nitrogens with one attached hydrogen (secondary N) is 1. The first-order chi connectivity index (χ1) is 15.2. The number of hydrogen-bond acceptors (Lipinski definition) is 5. The molecule has 6 heteroatoms. The lowest BCUT2D eigenvalue weighted by Gasteiger charge is -2.20. The summed E-state index contributed by atoms with van der Waals surface area (Å²) in [5, 5.41) is 2.71. The fourth-order valence-corrected chi connectivity index (χ4v) is 4.15. The third kappa shape index (κ3) is 5.82. The lowest BCUT2D eigenvalue weighted by Crippen LogP contribution is -2.34. The topological polar surface area (TPSA) is 68.5 Å². The van der Waals surface area contributed by atoms with Gasteiger partial charge < -0.3 is 14.5 Å². The van der Waals surface area contributed by atoms with E-state index >= 15 is 0 Å². The Bertz CT molecular complexity index is 1080. The molecule has 0 aliphatic rings. The number of methoxy groups -OCH3 is 1. The van der Waals surface area contributed by atoms with Gasteiger partial charge in [0.05, 0.1) is 12.9 Å². The summed E-state index contributed by atoms with van der Waals surface area (Å²) in [5.41, 5.74) is 3.20. The van der Waals surface area contributed by atoms with Gasteiger partial charge in [-0.2, -0.15) is 0 Å². The fraction of sp³-hybridized carbons (Fsp3) is 0.308. The van der Waals surface area contributed by atoms with Crippen molar-refractivity contribution in [2.24, 2.45) is 0 Å². The van der Waals surface area contributed by atoms with Gasteiger partial charge in [0.25, 0.3) is 5.91 Å². The van der Waals surface area contributed by atoms with E-state index < -0.39 is 17.9 Å². The molecule has 1 heterocycles. The molecule has 1 N–H and O–H groups in total. The maximum atomic E-state index is 12.7. The van der Waals surface area contributed by atoms with Crippen molar-refractivity contribution in [1.29, 1.82) is 0 Å². The van der Waals surface area contributed by atoms with Crippen molar-refractivity contribution in [3.63, 3.8) is 0 Å². The zero-order chi connectivity index (χ0) is 23.3. The molecule has 1 atom stereocenters. The molecular formula is C26H29NO4S. The minimum atomic E-state index is -0.903. The Morgan fingerprint density at radius 2 is 1.78 bits per heavy atom. The van der Waals surface area contributed by atoms with Crippen molar-refractivity contribution in [3.8, 4) is 0 Å². The Balaban J connectivity index is 1.69. The number of hydrogen-bond donors (Lipinski definition) is 1. The van der Waals surface area contributed by atoms with Crippen LogP contribution in [-0.2, 0) is 20.7 Å². The lowest BCUT2D eigenvalue weighted by molar-refractivity contribution is -0.143. The van der Waals surface area contributed by atoms with E-state index in [1.165, 1.54) is 23.1 Å². The van der Waals surface area contributed by atoms with E-state index in [0.29, 0.717) is 17.1 Å². The lowest BCUT2D eigenvalue weighted by atomic mass is 9.87. The number of furan rings is 1. The molecule has 5 nitrogen and oxygen atoms in total. The first kappa shape index (κ1) is 23.7. The predicted octanol–water partition coefficient (Wildman–Crippen LogP) is 5.82. The number of thioether (sulfide) groups is 1. The summed E-state index contributed by atoms with van der Waals surface area (Å²) in [5.74, 6) is 0.439. The molecule has 3 aromatic rings. The van der Waals surface area contributed by atoms with E-state index in [0.717, 1.165) is 0 Å². The van der Waals surface area contributed by atoms with Gasteiger partial charge in [0.15, 0.2) is 11.8 Å². The molecule has 0 saturated heterocycles. The Morgan fingerprint density at radius 1 is 1.06 bits per heavy atom. The Morgan fingerprint density at radius 3 is 2.44 bits per heavy atom. The molecule has 1 amide bonds. The molecule has 0 fully saturated rings. The van der Waals surface area contributed by atoms with Crippen molar-refractivity contribution >= 4 is 23.6 Å². The Kier molecular flexibility index (Phi) is 7.46. The second kappa shape index (κ2) is 10.1. The minimum absolute atomic E-state index is 0.0773. The van der Waals surface area contributed by atoms with E-state index in [-0.39, 0.29) is 11.2 Å². The van der Waals surface area contributed by atoms with Crippen molar-refractivity contribution < 1.29 is 18.7 Å². The maximum Gasteiger partial charge on any atom is 0.333 e. The van der Waals surface area contributed by atoms with Crippen LogP contribution in [0.2, 0.25) is 0 Å². The molecular weight excluding hydrogens is 422 g/mol. The quantitative estimate of drug-likeness (QED) is 0.362. The normalized spacial score (nSPS) is 12.3. The standard InChI is InChI=1S/C26H29NO4S/c1-17-11-12-19(26(2,3)4)15-22(17)32-16-20-13-14-21(31-20)24(28)27-23(25(29)30-5)18-9-7-6-8-10-18/h6-15,23H,16H2,1-5H3,(H,27,28)/t23-/m0/s1. The zero-order valence-electron chi connectivity index (χ0n) is 19.1. The van der Waals surface area contributed by atoms with Crippen molar-refractivity contribution in [2.45, 2.75) is 49.8 Å². The van der Waals surface area contributed by atoms with Crippen LogP contribution in [0.25, 0.3) is 0 Å². The van der Waals surface area contributed by atoms with Gasteiger partial charge in [-0.3, -0.25) is 4.79 Å². The van der Waals surface area contributed by atoms with Crippen LogP contribution in [0.15, 0.2) is 70.0 Å². The maximum absolute atomic E-state index is 12.7. The smallest absolute Gasteiger partial charge is 0.333 e. The molecule has 3 rings (SSSR count). The molecule has 2 aromatic carbocycles. The molecule has 0 unspecified atom stereocenters. The molecule has 0 saturated carbocycles. The number of amides is 1. The first-order valence-corrected chi connectivity index (χ1v) is 11.4. The Labute approximate surface area is 193 Å². The van der Waals surface area contributed by atoms with Crippen LogP contribution in [0, 0.1) is 6.92 Å². The van der Waals surface area contributed by atoms with E-state index in [1.807, 2.05) is 6.07 Å². The molecule has 0 spiro atoms. The van der Waals surface area contributed by atoms with Gasteiger partial charge in [0, 0.05) is 4.90 Å². The summed E-state index contributed by atoms with van der Waals surface area (Å²) in [6.45, 7) is 8.67. The monoisotopic (exact) mass is 451 g/mol. The minimum Gasteiger partial charge on any atom is -0.467 e. The number of rotatable bonds is 7. The van der Waals surface area contributed by atoms with Crippen LogP contribution in [0.5, 0.6) is 0 Å². The number of carbonyl (C=O) groups excluding carboxylic acids is 2. The summed E-state index contributed by atoms with van der Waals surface area (Å²) in [7, 11) is 1.29. The van der Waals surface area contributed by atoms with Crippen LogP contribution >= 0.6 is 11.8 Å². The highest BCUT2D eigenvalue weighted by molar-refractivity contribution is 7.98. The molecule has 168 valence electrons.